The predicted octanol–water partition coefficient (Wildman–Crippen LogP) is 4.28. The Morgan fingerprint density at radius 2 is 1.78 bits per heavy atom. The lowest BCUT2D eigenvalue weighted by atomic mass is 9.75. The maximum atomic E-state index is 12.8. The third kappa shape index (κ3) is 5.51. The average Bonchev–Trinajstić information content (AvgIpc) is 2.45. The van der Waals surface area contributed by atoms with Gasteiger partial charge in [0.25, 0.3) is 0 Å². The molecule has 124 valence electrons. The fourth-order valence-corrected chi connectivity index (χ4v) is 2.33. The van der Waals surface area contributed by atoms with Gasteiger partial charge in [-0.15, -0.1) is 0 Å². The lowest BCUT2D eigenvalue weighted by Crippen LogP contribution is -2.44. The molecule has 1 aromatic rings. The highest BCUT2D eigenvalue weighted by atomic mass is 16.6. The summed E-state index contributed by atoms with van der Waals surface area (Å²) in [6, 6.07) is 9.53. The van der Waals surface area contributed by atoms with Crippen LogP contribution in [0.5, 0.6) is 0 Å². The number of hydrogen-bond donors (Lipinski definition) is 0. The lowest BCUT2D eigenvalue weighted by molar-refractivity contribution is -0.170. The molecule has 1 atom stereocenters. The summed E-state index contributed by atoms with van der Waals surface area (Å²) in [4.78, 5) is 25.2. The monoisotopic (exact) mass is 314 g/mol. The van der Waals surface area contributed by atoms with Crippen molar-refractivity contribution in [3.05, 3.63) is 60.7 Å². The summed E-state index contributed by atoms with van der Waals surface area (Å²) < 4.78 is 5.55. The van der Waals surface area contributed by atoms with Crippen molar-refractivity contribution in [3.8, 4) is 0 Å². The fraction of sp³-hybridized carbons (Fsp3) is 0.400. The van der Waals surface area contributed by atoms with Crippen LogP contribution >= 0.6 is 0 Å². The summed E-state index contributed by atoms with van der Waals surface area (Å²) in [7, 11) is 0. The number of rotatable bonds is 7. The van der Waals surface area contributed by atoms with E-state index in [0.29, 0.717) is 6.42 Å². The summed E-state index contributed by atoms with van der Waals surface area (Å²) in [5.41, 5.74) is -0.925. The number of Topliss-reactive ketones (excluding diaryl/α,β-unsaturated/α-hetero) is 1. The highest BCUT2D eigenvalue weighted by Crippen LogP contribution is 2.33. The molecule has 0 aliphatic heterocycles. The Morgan fingerprint density at radius 3 is 2.26 bits per heavy atom. The molecular weight excluding hydrogens is 288 g/mol. The van der Waals surface area contributed by atoms with Crippen molar-refractivity contribution in [2.75, 3.05) is 0 Å². The zero-order chi connectivity index (χ0) is 17.5. The van der Waals surface area contributed by atoms with Gasteiger partial charge in [-0.3, -0.25) is 9.59 Å². The molecule has 0 saturated heterocycles. The first-order chi connectivity index (χ1) is 10.7. The maximum absolute atomic E-state index is 12.8. The second kappa shape index (κ2) is 7.91. The Balaban J connectivity index is 3.24. The minimum Gasteiger partial charge on any atom is -0.459 e. The number of allylic oxidation sites excluding steroid dienone is 3. The summed E-state index contributed by atoms with van der Waals surface area (Å²) in [6.45, 7) is 10.5. The molecule has 0 aromatic heterocycles. The fourth-order valence-electron chi connectivity index (χ4n) is 2.33. The van der Waals surface area contributed by atoms with Crippen molar-refractivity contribution in [1.82, 2.24) is 0 Å². The van der Waals surface area contributed by atoms with Crippen LogP contribution in [0, 0.1) is 5.41 Å². The van der Waals surface area contributed by atoms with Crippen molar-refractivity contribution in [2.24, 2.45) is 5.41 Å². The molecule has 0 spiro atoms. The van der Waals surface area contributed by atoms with Crippen LogP contribution in [0.4, 0.5) is 0 Å². The number of carbonyl (C=O) groups is 2. The van der Waals surface area contributed by atoms with E-state index in [1.165, 1.54) is 6.92 Å². The molecule has 0 aliphatic rings. The van der Waals surface area contributed by atoms with Gasteiger partial charge < -0.3 is 4.74 Å². The molecule has 1 unspecified atom stereocenters. The van der Waals surface area contributed by atoms with Crippen molar-refractivity contribution in [2.45, 2.75) is 46.1 Å². The highest BCUT2D eigenvalue weighted by molar-refractivity contribution is 6.03. The largest absolute Gasteiger partial charge is 0.459 e. The number of carbonyl (C=O) groups excluding carboxylic acids is 2. The number of esters is 1. The molecule has 3 heteroatoms. The van der Waals surface area contributed by atoms with Gasteiger partial charge in [0.15, 0.2) is 0 Å². The van der Waals surface area contributed by atoms with E-state index in [0.717, 1.165) is 5.56 Å². The molecule has 0 radical (unpaired) electrons. The number of ketones is 1. The number of benzene rings is 1. The molecule has 3 nitrogen and oxygen atoms in total. The Bertz CT molecular complexity index is 579. The summed E-state index contributed by atoms with van der Waals surface area (Å²) in [5, 5.41) is 0. The van der Waals surface area contributed by atoms with E-state index in [2.05, 4.69) is 6.58 Å². The topological polar surface area (TPSA) is 43.4 Å². The van der Waals surface area contributed by atoms with Crippen molar-refractivity contribution >= 4 is 11.8 Å². The minimum absolute atomic E-state index is 0.190. The normalized spacial score (nSPS) is 14.3. The van der Waals surface area contributed by atoms with E-state index < -0.39 is 17.0 Å². The SMILES string of the molecule is C=C/C=C/CC(Cc1ccccc1)(C(C)=O)C(=O)OC(C)(C)C. The van der Waals surface area contributed by atoms with E-state index in [1.54, 1.807) is 39.0 Å². The zero-order valence-corrected chi connectivity index (χ0v) is 14.5. The van der Waals surface area contributed by atoms with Gasteiger partial charge in [-0.1, -0.05) is 55.1 Å². The van der Waals surface area contributed by atoms with Crippen LogP contribution < -0.4 is 0 Å². The first kappa shape index (κ1) is 18.9. The van der Waals surface area contributed by atoms with Crippen LogP contribution in [0.3, 0.4) is 0 Å². The third-order valence-electron chi connectivity index (χ3n) is 3.55. The standard InChI is InChI=1S/C20H26O3/c1-6-7-11-14-20(16(2)21,18(22)23-19(3,4)5)15-17-12-9-8-10-13-17/h6-13H,1,14-15H2,2-5H3/b11-7+. The molecule has 1 aromatic carbocycles. The van der Waals surface area contributed by atoms with Crippen LogP contribution in [0.2, 0.25) is 0 Å². The van der Waals surface area contributed by atoms with E-state index in [1.807, 2.05) is 30.3 Å². The molecule has 0 amide bonds. The van der Waals surface area contributed by atoms with Crippen LogP contribution in [0.1, 0.15) is 39.7 Å². The summed E-state index contributed by atoms with van der Waals surface area (Å²) in [6.07, 6.45) is 5.77. The third-order valence-corrected chi connectivity index (χ3v) is 3.55. The van der Waals surface area contributed by atoms with Gasteiger partial charge in [0.1, 0.15) is 16.8 Å². The molecular formula is C20H26O3. The van der Waals surface area contributed by atoms with Gasteiger partial charge in [0.2, 0.25) is 0 Å². The van der Waals surface area contributed by atoms with E-state index in [4.69, 9.17) is 4.74 Å². The Morgan fingerprint density at radius 1 is 1.17 bits per heavy atom. The van der Waals surface area contributed by atoms with Gasteiger partial charge in [0, 0.05) is 0 Å². The molecule has 0 bridgehead atoms. The summed E-state index contributed by atoms with van der Waals surface area (Å²) >= 11 is 0. The smallest absolute Gasteiger partial charge is 0.320 e. The zero-order valence-electron chi connectivity index (χ0n) is 14.5. The van der Waals surface area contributed by atoms with Crippen LogP contribution in [-0.4, -0.2) is 17.4 Å². The summed E-state index contributed by atoms with van der Waals surface area (Å²) in [5.74, 6) is -0.667. The van der Waals surface area contributed by atoms with Gasteiger partial charge in [0.05, 0.1) is 0 Å². The Hall–Kier alpha value is -2.16. The maximum Gasteiger partial charge on any atom is 0.320 e. The molecule has 0 aliphatic carbocycles. The van der Waals surface area contributed by atoms with Gasteiger partial charge in [-0.05, 0) is 46.1 Å². The van der Waals surface area contributed by atoms with Crippen LogP contribution in [-0.2, 0) is 20.7 Å². The number of ether oxygens (including phenoxy) is 1. The Labute approximate surface area is 139 Å². The van der Waals surface area contributed by atoms with Crippen molar-refractivity contribution < 1.29 is 14.3 Å². The molecule has 0 N–H and O–H groups in total. The second-order valence-electron chi connectivity index (χ2n) is 6.67. The average molecular weight is 314 g/mol. The Kier molecular flexibility index (Phi) is 6.49. The van der Waals surface area contributed by atoms with Gasteiger partial charge >= 0.3 is 5.97 Å². The molecule has 0 fully saturated rings. The molecule has 1 rings (SSSR count). The molecule has 23 heavy (non-hydrogen) atoms. The van der Waals surface area contributed by atoms with Crippen molar-refractivity contribution in [1.29, 1.82) is 0 Å². The van der Waals surface area contributed by atoms with Crippen LogP contribution in [0.15, 0.2) is 55.1 Å². The second-order valence-corrected chi connectivity index (χ2v) is 6.67. The van der Waals surface area contributed by atoms with Gasteiger partial charge in [-0.2, -0.15) is 0 Å². The van der Waals surface area contributed by atoms with E-state index in [9.17, 15) is 9.59 Å². The van der Waals surface area contributed by atoms with E-state index >= 15 is 0 Å². The molecule has 0 heterocycles. The van der Waals surface area contributed by atoms with Crippen molar-refractivity contribution in [3.63, 3.8) is 0 Å². The molecule has 0 saturated carbocycles. The minimum atomic E-state index is -1.21. The quantitative estimate of drug-likeness (QED) is 0.428. The van der Waals surface area contributed by atoms with Crippen LogP contribution in [0.25, 0.3) is 0 Å². The van der Waals surface area contributed by atoms with Gasteiger partial charge in [-0.25, -0.2) is 0 Å². The highest BCUT2D eigenvalue weighted by Gasteiger charge is 2.45. The lowest BCUT2D eigenvalue weighted by Gasteiger charge is -2.32. The number of hydrogen-bond acceptors (Lipinski definition) is 3. The first-order valence-corrected chi connectivity index (χ1v) is 7.77. The first-order valence-electron chi connectivity index (χ1n) is 7.77. The van der Waals surface area contributed by atoms with E-state index in [-0.39, 0.29) is 12.2 Å². The predicted molar refractivity (Wildman–Crippen MR) is 93.1 cm³/mol.